The smallest absolute Gasteiger partial charge is 0.387 e. The highest BCUT2D eigenvalue weighted by Gasteiger charge is 2.31. The second kappa shape index (κ2) is 7.12. The molecule has 2 heterocycles. The zero-order valence-electron chi connectivity index (χ0n) is 12.9. The monoisotopic (exact) mass is 325 g/mol. The van der Waals surface area contributed by atoms with Crippen LogP contribution in [0, 0.1) is 0 Å². The average Bonchev–Trinajstić information content (AvgIpc) is 3.19. The fourth-order valence-electron chi connectivity index (χ4n) is 3.29. The van der Waals surface area contributed by atoms with E-state index in [9.17, 15) is 13.6 Å². The number of halogens is 2. The Morgan fingerprint density at radius 2 is 1.96 bits per heavy atom. The van der Waals surface area contributed by atoms with E-state index in [0.29, 0.717) is 19.1 Å². The molecule has 1 aromatic rings. The average molecular weight is 325 g/mol. The van der Waals surface area contributed by atoms with E-state index in [-0.39, 0.29) is 17.5 Å². The van der Waals surface area contributed by atoms with Gasteiger partial charge in [-0.2, -0.15) is 8.78 Å². The minimum atomic E-state index is -2.92. The van der Waals surface area contributed by atoms with E-state index >= 15 is 0 Å². The number of carbonyl (C=O) groups excluding carboxylic acids is 1. The van der Waals surface area contributed by atoms with Crippen LogP contribution in [0.4, 0.5) is 19.3 Å². The van der Waals surface area contributed by atoms with Gasteiger partial charge in [0.05, 0.1) is 5.69 Å². The first-order valence-electron chi connectivity index (χ1n) is 7.97. The van der Waals surface area contributed by atoms with Crippen molar-refractivity contribution in [3.05, 3.63) is 24.3 Å². The molecule has 2 amide bonds. The fraction of sp³-hybridized carbons (Fsp3) is 0.562. The zero-order chi connectivity index (χ0) is 16.2. The first kappa shape index (κ1) is 16.0. The predicted octanol–water partition coefficient (Wildman–Crippen LogP) is 2.99. The predicted molar refractivity (Wildman–Crippen MR) is 82.9 cm³/mol. The molecule has 1 atom stereocenters. The molecule has 3 rings (SSSR count). The number of carbonyl (C=O) groups is 1. The molecule has 1 aromatic carbocycles. The van der Waals surface area contributed by atoms with Gasteiger partial charge in [0, 0.05) is 19.1 Å². The third-order valence-electron chi connectivity index (χ3n) is 4.45. The summed E-state index contributed by atoms with van der Waals surface area (Å²) in [5, 5.41) is 2.68. The number of urea groups is 1. The van der Waals surface area contributed by atoms with Crippen LogP contribution in [-0.2, 0) is 0 Å². The minimum Gasteiger partial charge on any atom is -0.433 e. The molecule has 1 N–H and O–H groups in total. The van der Waals surface area contributed by atoms with Gasteiger partial charge >= 0.3 is 12.6 Å². The first-order chi connectivity index (χ1) is 11.1. The number of nitrogens with one attached hydrogen (secondary N) is 1. The van der Waals surface area contributed by atoms with Gasteiger partial charge in [0.2, 0.25) is 0 Å². The van der Waals surface area contributed by atoms with E-state index in [1.54, 1.807) is 23.1 Å². The number of amides is 2. The van der Waals surface area contributed by atoms with Gasteiger partial charge in [-0.05, 0) is 44.5 Å². The maximum atomic E-state index is 12.4. The van der Waals surface area contributed by atoms with Gasteiger partial charge in [0.1, 0.15) is 5.75 Å². The van der Waals surface area contributed by atoms with Gasteiger partial charge < -0.3 is 15.0 Å². The van der Waals surface area contributed by atoms with Crippen LogP contribution in [0.15, 0.2) is 24.3 Å². The fourth-order valence-corrected chi connectivity index (χ4v) is 3.29. The van der Waals surface area contributed by atoms with Crippen molar-refractivity contribution < 1.29 is 18.3 Å². The van der Waals surface area contributed by atoms with E-state index in [1.807, 2.05) is 0 Å². The number of para-hydroxylation sites is 2. The number of anilines is 1. The molecule has 23 heavy (non-hydrogen) atoms. The van der Waals surface area contributed by atoms with Gasteiger partial charge in [0.15, 0.2) is 0 Å². The molecular formula is C16H21F2N3O2. The standard InChI is InChI=1S/C16H21F2N3O2/c17-15(18)23-14-6-2-1-5-13(14)19-16(22)21-10-7-12(11-21)20-8-3-4-9-20/h1-2,5-6,12,15H,3-4,7-11H2,(H,19,22)/t12-/m1/s1. The molecular weight excluding hydrogens is 304 g/mol. The maximum Gasteiger partial charge on any atom is 0.387 e. The second-order valence-electron chi connectivity index (χ2n) is 5.94. The van der Waals surface area contributed by atoms with E-state index in [4.69, 9.17) is 0 Å². The van der Waals surface area contributed by atoms with Gasteiger partial charge in [-0.25, -0.2) is 4.79 Å². The van der Waals surface area contributed by atoms with Crippen molar-refractivity contribution in [3.63, 3.8) is 0 Å². The molecule has 0 saturated carbocycles. The number of nitrogens with zero attached hydrogens (tertiary/aromatic N) is 2. The van der Waals surface area contributed by atoms with Crippen LogP contribution in [0.3, 0.4) is 0 Å². The van der Waals surface area contributed by atoms with Crippen molar-refractivity contribution in [2.24, 2.45) is 0 Å². The quantitative estimate of drug-likeness (QED) is 0.925. The third kappa shape index (κ3) is 3.90. The molecule has 2 saturated heterocycles. The third-order valence-corrected chi connectivity index (χ3v) is 4.45. The number of hydrogen-bond acceptors (Lipinski definition) is 3. The van der Waals surface area contributed by atoms with Crippen molar-refractivity contribution in [1.29, 1.82) is 0 Å². The Labute approximate surface area is 134 Å². The van der Waals surface area contributed by atoms with Crippen LogP contribution in [0.5, 0.6) is 5.75 Å². The normalized spacial score (nSPS) is 21.9. The summed E-state index contributed by atoms with van der Waals surface area (Å²) in [6.07, 6.45) is 3.41. The highest BCUT2D eigenvalue weighted by molar-refractivity contribution is 5.91. The molecule has 0 unspecified atom stereocenters. The Kier molecular flexibility index (Phi) is 4.95. The van der Waals surface area contributed by atoms with Crippen molar-refractivity contribution in [3.8, 4) is 5.75 Å². The van der Waals surface area contributed by atoms with E-state index in [1.165, 1.54) is 18.9 Å². The first-order valence-corrected chi connectivity index (χ1v) is 7.97. The van der Waals surface area contributed by atoms with Crippen molar-refractivity contribution in [1.82, 2.24) is 9.80 Å². The Balaban J connectivity index is 1.59. The van der Waals surface area contributed by atoms with E-state index < -0.39 is 6.61 Å². The molecule has 7 heteroatoms. The van der Waals surface area contributed by atoms with Gasteiger partial charge in [-0.3, -0.25) is 4.90 Å². The van der Waals surface area contributed by atoms with Crippen LogP contribution in [-0.4, -0.2) is 54.7 Å². The summed E-state index contributed by atoms with van der Waals surface area (Å²) in [6.45, 7) is 0.657. The lowest BCUT2D eigenvalue weighted by Gasteiger charge is -2.24. The molecule has 2 aliphatic heterocycles. The van der Waals surface area contributed by atoms with Gasteiger partial charge in [0.25, 0.3) is 0 Å². The summed E-state index contributed by atoms with van der Waals surface area (Å²) in [5.74, 6) is -0.0221. The maximum absolute atomic E-state index is 12.4. The summed E-state index contributed by atoms with van der Waals surface area (Å²) in [5.41, 5.74) is 0.266. The van der Waals surface area contributed by atoms with Crippen LogP contribution < -0.4 is 10.1 Å². The van der Waals surface area contributed by atoms with E-state index in [0.717, 1.165) is 19.5 Å². The topological polar surface area (TPSA) is 44.8 Å². The van der Waals surface area contributed by atoms with Crippen molar-refractivity contribution >= 4 is 11.7 Å². The summed E-state index contributed by atoms with van der Waals surface area (Å²) in [7, 11) is 0. The van der Waals surface area contributed by atoms with Crippen molar-refractivity contribution in [2.45, 2.75) is 31.9 Å². The number of alkyl halides is 2. The summed E-state index contributed by atoms with van der Waals surface area (Å²) >= 11 is 0. The molecule has 2 aliphatic rings. The Hall–Kier alpha value is -1.89. The highest BCUT2D eigenvalue weighted by Crippen LogP contribution is 2.27. The number of hydrogen-bond donors (Lipinski definition) is 1. The van der Waals surface area contributed by atoms with Gasteiger partial charge in [-0.15, -0.1) is 0 Å². The van der Waals surface area contributed by atoms with Crippen LogP contribution in [0.2, 0.25) is 0 Å². The molecule has 5 nitrogen and oxygen atoms in total. The summed E-state index contributed by atoms with van der Waals surface area (Å²) in [4.78, 5) is 16.5. The molecule has 0 radical (unpaired) electrons. The molecule has 0 bridgehead atoms. The van der Waals surface area contributed by atoms with Gasteiger partial charge in [-0.1, -0.05) is 12.1 Å². The zero-order valence-corrected chi connectivity index (χ0v) is 12.9. The Bertz CT molecular complexity index is 550. The summed E-state index contributed by atoms with van der Waals surface area (Å²) < 4.78 is 29.3. The highest BCUT2D eigenvalue weighted by atomic mass is 19.3. The minimum absolute atomic E-state index is 0.0221. The lowest BCUT2D eigenvalue weighted by Crippen LogP contribution is -2.38. The molecule has 0 aliphatic carbocycles. The second-order valence-corrected chi connectivity index (χ2v) is 5.94. The Morgan fingerprint density at radius 3 is 2.70 bits per heavy atom. The number of likely N-dealkylation sites (tertiary alicyclic amines) is 2. The molecule has 0 aromatic heterocycles. The molecule has 0 spiro atoms. The molecule has 2 fully saturated rings. The lowest BCUT2D eigenvalue weighted by molar-refractivity contribution is -0.0493. The van der Waals surface area contributed by atoms with E-state index in [2.05, 4.69) is 15.0 Å². The number of benzene rings is 1. The lowest BCUT2D eigenvalue weighted by atomic mass is 10.2. The largest absolute Gasteiger partial charge is 0.433 e. The van der Waals surface area contributed by atoms with Crippen LogP contribution in [0.25, 0.3) is 0 Å². The van der Waals surface area contributed by atoms with Crippen LogP contribution >= 0.6 is 0 Å². The number of ether oxygens (including phenoxy) is 1. The SMILES string of the molecule is O=C(Nc1ccccc1OC(F)F)N1CC[C@@H](N2CCCC2)C1. The van der Waals surface area contributed by atoms with Crippen molar-refractivity contribution in [2.75, 3.05) is 31.5 Å². The molecule has 126 valence electrons. The number of rotatable bonds is 4. The Morgan fingerprint density at radius 1 is 1.22 bits per heavy atom. The van der Waals surface area contributed by atoms with Crippen LogP contribution in [0.1, 0.15) is 19.3 Å². The summed E-state index contributed by atoms with van der Waals surface area (Å²) in [6, 6.07) is 6.38.